The van der Waals surface area contributed by atoms with E-state index in [1.54, 1.807) is 11.3 Å². The second kappa shape index (κ2) is 7.26. The lowest BCUT2D eigenvalue weighted by atomic mass is 9.88. The van der Waals surface area contributed by atoms with Crippen LogP contribution < -0.4 is 0 Å². The lowest BCUT2D eigenvalue weighted by Crippen LogP contribution is -2.58. The molecule has 0 radical (unpaired) electrons. The van der Waals surface area contributed by atoms with Crippen molar-refractivity contribution < 1.29 is 9.84 Å². The Morgan fingerprint density at radius 3 is 2.62 bits per heavy atom. The molecule has 3 atom stereocenters. The standard InChI is InChI=1S/C19H23NO2S.BrH/c1-20-13-19(21,22-17-6-3-2-5-16(17)20)15-10-8-14(9-11-15)18-7-4-12-23-18;/h4,7-12,16-17,21H,2-3,5-6,13H2,1H3;1H. The minimum atomic E-state index is -1.19. The fraction of sp³-hybridized carbons (Fsp3) is 0.474. The lowest BCUT2D eigenvalue weighted by Gasteiger charge is -2.49. The Balaban J connectivity index is 0.00000169. The SMILES string of the molecule is Br.CN1CC(O)(c2ccc(-c3cccs3)cc2)OC2CCCCC21. The van der Waals surface area contributed by atoms with Crippen LogP contribution in [-0.4, -0.2) is 35.7 Å². The molecule has 1 aromatic heterocycles. The predicted octanol–water partition coefficient (Wildman–Crippen LogP) is 4.41. The van der Waals surface area contributed by atoms with Gasteiger partial charge in [-0.3, -0.25) is 4.90 Å². The van der Waals surface area contributed by atoms with Crippen molar-refractivity contribution in [3.05, 3.63) is 47.3 Å². The van der Waals surface area contributed by atoms with E-state index in [1.807, 2.05) is 12.1 Å². The molecule has 2 heterocycles. The minimum absolute atomic E-state index is 0. The van der Waals surface area contributed by atoms with Gasteiger partial charge in [-0.1, -0.05) is 43.2 Å². The number of rotatable bonds is 2. The first-order valence-corrected chi connectivity index (χ1v) is 9.28. The summed E-state index contributed by atoms with van der Waals surface area (Å²) >= 11 is 1.73. The van der Waals surface area contributed by atoms with Crippen LogP contribution in [0, 0.1) is 0 Å². The van der Waals surface area contributed by atoms with Crippen molar-refractivity contribution in [1.82, 2.24) is 4.90 Å². The smallest absolute Gasteiger partial charge is 0.205 e. The van der Waals surface area contributed by atoms with Crippen molar-refractivity contribution in [2.24, 2.45) is 0 Å². The monoisotopic (exact) mass is 409 g/mol. The molecular weight excluding hydrogens is 386 g/mol. The summed E-state index contributed by atoms with van der Waals surface area (Å²) in [5.74, 6) is -1.19. The fourth-order valence-corrected chi connectivity index (χ4v) is 4.69. The Morgan fingerprint density at radius 1 is 1.17 bits per heavy atom. The molecule has 0 bridgehead atoms. The van der Waals surface area contributed by atoms with Crippen molar-refractivity contribution in [2.75, 3.05) is 13.6 Å². The summed E-state index contributed by atoms with van der Waals surface area (Å²) in [6, 6.07) is 12.8. The van der Waals surface area contributed by atoms with E-state index in [2.05, 4.69) is 41.6 Å². The van der Waals surface area contributed by atoms with Gasteiger partial charge in [0.1, 0.15) is 0 Å². The van der Waals surface area contributed by atoms with Gasteiger partial charge in [0.2, 0.25) is 5.79 Å². The average Bonchev–Trinajstić information content (AvgIpc) is 3.09. The van der Waals surface area contributed by atoms with Gasteiger partial charge in [0, 0.05) is 16.5 Å². The van der Waals surface area contributed by atoms with Crippen LogP contribution in [0.25, 0.3) is 10.4 Å². The quantitative estimate of drug-likeness (QED) is 0.796. The summed E-state index contributed by atoms with van der Waals surface area (Å²) in [4.78, 5) is 3.53. The molecule has 130 valence electrons. The van der Waals surface area contributed by atoms with Crippen LogP contribution in [0.3, 0.4) is 0 Å². The zero-order chi connectivity index (χ0) is 15.9. The number of likely N-dealkylation sites (N-methyl/N-ethyl adjacent to an activating group) is 1. The highest BCUT2D eigenvalue weighted by Crippen LogP contribution is 2.38. The van der Waals surface area contributed by atoms with E-state index in [-0.39, 0.29) is 23.1 Å². The Hall–Kier alpha value is -0.720. The summed E-state index contributed by atoms with van der Waals surface area (Å²) in [6.07, 6.45) is 4.83. The minimum Gasteiger partial charge on any atom is -0.361 e. The maximum Gasteiger partial charge on any atom is 0.205 e. The largest absolute Gasteiger partial charge is 0.361 e. The molecule has 1 aliphatic carbocycles. The summed E-state index contributed by atoms with van der Waals surface area (Å²) < 4.78 is 6.18. The highest BCUT2D eigenvalue weighted by molar-refractivity contribution is 8.93. The number of nitrogens with zero attached hydrogens (tertiary/aromatic N) is 1. The van der Waals surface area contributed by atoms with Gasteiger partial charge in [-0.2, -0.15) is 0 Å². The molecule has 1 N–H and O–H groups in total. The third-order valence-electron chi connectivity index (χ3n) is 5.19. The number of benzene rings is 1. The van der Waals surface area contributed by atoms with Crippen molar-refractivity contribution in [3.8, 4) is 10.4 Å². The Kier molecular flexibility index (Phi) is 5.47. The number of hydrogen-bond acceptors (Lipinski definition) is 4. The Labute approximate surface area is 158 Å². The highest BCUT2D eigenvalue weighted by Gasteiger charge is 2.45. The van der Waals surface area contributed by atoms with Gasteiger partial charge < -0.3 is 9.84 Å². The molecule has 1 saturated carbocycles. The second-order valence-electron chi connectivity index (χ2n) is 6.76. The molecule has 2 aromatic rings. The van der Waals surface area contributed by atoms with Crippen LogP contribution in [0.2, 0.25) is 0 Å². The molecular formula is C19H24BrNO2S. The maximum absolute atomic E-state index is 11.1. The first kappa shape index (κ1) is 18.1. The number of hydrogen-bond donors (Lipinski definition) is 1. The maximum atomic E-state index is 11.1. The third-order valence-corrected chi connectivity index (χ3v) is 6.10. The highest BCUT2D eigenvalue weighted by atomic mass is 79.9. The molecule has 0 amide bonds. The van der Waals surface area contributed by atoms with Gasteiger partial charge in [0.05, 0.1) is 12.6 Å². The van der Waals surface area contributed by atoms with Gasteiger partial charge >= 0.3 is 0 Å². The van der Waals surface area contributed by atoms with Crippen LogP contribution in [0.4, 0.5) is 0 Å². The number of morpholine rings is 1. The zero-order valence-electron chi connectivity index (χ0n) is 13.9. The van der Waals surface area contributed by atoms with Crippen molar-refractivity contribution >= 4 is 28.3 Å². The molecule has 3 nitrogen and oxygen atoms in total. The Morgan fingerprint density at radius 2 is 1.92 bits per heavy atom. The van der Waals surface area contributed by atoms with Crippen molar-refractivity contribution in [1.29, 1.82) is 0 Å². The van der Waals surface area contributed by atoms with Crippen LogP contribution in [0.1, 0.15) is 31.2 Å². The first-order chi connectivity index (χ1) is 11.2. The van der Waals surface area contributed by atoms with Gasteiger partial charge in [-0.05, 0) is 36.9 Å². The molecule has 2 aliphatic rings. The zero-order valence-corrected chi connectivity index (χ0v) is 16.4. The average molecular weight is 410 g/mol. The number of fused-ring (bicyclic) bond motifs is 1. The van der Waals surface area contributed by atoms with Crippen LogP contribution in [0.15, 0.2) is 41.8 Å². The predicted molar refractivity (Wildman–Crippen MR) is 104 cm³/mol. The van der Waals surface area contributed by atoms with E-state index in [9.17, 15) is 5.11 Å². The van der Waals surface area contributed by atoms with Gasteiger partial charge in [0.15, 0.2) is 0 Å². The molecule has 1 aliphatic heterocycles. The van der Waals surface area contributed by atoms with E-state index in [1.165, 1.54) is 29.7 Å². The molecule has 4 rings (SSSR count). The Bertz CT molecular complexity index is 661. The number of thiophene rings is 1. The molecule has 1 aromatic carbocycles. The summed E-state index contributed by atoms with van der Waals surface area (Å²) in [5, 5.41) is 13.2. The molecule has 24 heavy (non-hydrogen) atoms. The van der Waals surface area contributed by atoms with Crippen molar-refractivity contribution in [3.63, 3.8) is 0 Å². The second-order valence-corrected chi connectivity index (χ2v) is 7.71. The summed E-state index contributed by atoms with van der Waals surface area (Å²) in [6.45, 7) is 0.534. The fourth-order valence-electron chi connectivity index (χ4n) is 3.96. The third kappa shape index (κ3) is 3.33. The van der Waals surface area contributed by atoms with Crippen LogP contribution in [0.5, 0.6) is 0 Å². The number of β-amino-alcohol motifs (C(OH)–C–C–N with tert-alkyl or cyclic N) is 1. The normalized spacial score (nSPS) is 30.4. The van der Waals surface area contributed by atoms with E-state index in [4.69, 9.17) is 4.74 Å². The summed E-state index contributed by atoms with van der Waals surface area (Å²) in [7, 11) is 2.11. The van der Waals surface area contributed by atoms with E-state index >= 15 is 0 Å². The molecule has 5 heteroatoms. The summed E-state index contributed by atoms with van der Waals surface area (Å²) in [5.41, 5.74) is 2.04. The van der Waals surface area contributed by atoms with Gasteiger partial charge in [-0.25, -0.2) is 0 Å². The molecule has 1 saturated heterocycles. The molecule has 3 unspecified atom stereocenters. The van der Waals surface area contributed by atoms with Crippen LogP contribution in [-0.2, 0) is 10.5 Å². The van der Waals surface area contributed by atoms with E-state index in [0.717, 1.165) is 12.0 Å². The number of halogens is 1. The number of aliphatic hydroxyl groups is 1. The molecule has 2 fully saturated rings. The van der Waals surface area contributed by atoms with Gasteiger partial charge in [0.25, 0.3) is 0 Å². The lowest BCUT2D eigenvalue weighted by molar-refractivity contribution is -0.293. The topological polar surface area (TPSA) is 32.7 Å². The van der Waals surface area contributed by atoms with E-state index in [0.29, 0.717) is 12.6 Å². The first-order valence-electron chi connectivity index (χ1n) is 8.40. The number of ether oxygens (including phenoxy) is 1. The van der Waals surface area contributed by atoms with Crippen molar-refractivity contribution in [2.45, 2.75) is 43.6 Å². The van der Waals surface area contributed by atoms with Gasteiger partial charge in [-0.15, -0.1) is 28.3 Å². The molecule has 0 spiro atoms. The van der Waals surface area contributed by atoms with E-state index < -0.39 is 5.79 Å². The van der Waals surface area contributed by atoms with Crippen LogP contribution >= 0.6 is 28.3 Å².